The molecule has 1 aromatic heterocycles. The minimum absolute atomic E-state index is 0.0634. The van der Waals surface area contributed by atoms with Gasteiger partial charge in [0.1, 0.15) is 0 Å². The van der Waals surface area contributed by atoms with E-state index in [4.69, 9.17) is 0 Å². The molecule has 1 saturated carbocycles. The van der Waals surface area contributed by atoms with Crippen LogP contribution in [-0.2, 0) is 12.0 Å². The van der Waals surface area contributed by atoms with Crippen LogP contribution in [0.15, 0.2) is 60.8 Å². The molecule has 2 heterocycles. The second-order valence-corrected chi connectivity index (χ2v) is 8.26. The summed E-state index contributed by atoms with van der Waals surface area (Å²) in [5.41, 5.74) is 11.0. The summed E-state index contributed by atoms with van der Waals surface area (Å²) >= 11 is 0. The number of pyridine rings is 1. The fraction of sp³-hybridized carbons (Fsp3) is 0.292. The first kappa shape index (κ1) is 12.9. The zero-order valence-electron chi connectivity index (χ0n) is 14.2. The Bertz CT molecular complexity index is 1080. The molecule has 1 spiro atoms. The van der Waals surface area contributed by atoms with Crippen LogP contribution in [0.1, 0.15) is 53.0 Å². The molecule has 3 aromatic rings. The smallest absolute Gasteiger partial charge is 0.184 e. The van der Waals surface area contributed by atoms with Gasteiger partial charge in [-0.05, 0) is 54.0 Å². The molecule has 0 saturated heterocycles. The van der Waals surface area contributed by atoms with Gasteiger partial charge in [-0.2, -0.15) is 4.57 Å². The Hall–Kier alpha value is -2.41. The van der Waals surface area contributed by atoms with Crippen LogP contribution in [0.4, 0.5) is 0 Å². The van der Waals surface area contributed by atoms with Crippen LogP contribution in [0, 0.1) is 5.92 Å². The maximum absolute atomic E-state index is 2.65. The lowest BCUT2D eigenvalue weighted by atomic mass is 9.69. The number of rotatable bonds is 0. The number of fused-ring (bicyclic) bond motifs is 4. The molecule has 0 radical (unpaired) electrons. The molecule has 2 aromatic carbocycles. The van der Waals surface area contributed by atoms with Gasteiger partial charge in [-0.3, -0.25) is 0 Å². The van der Waals surface area contributed by atoms with Gasteiger partial charge in [0.2, 0.25) is 11.2 Å². The molecule has 3 aliphatic carbocycles. The molecule has 0 amide bonds. The largest absolute Gasteiger partial charge is 0.224 e. The van der Waals surface area contributed by atoms with Crippen molar-refractivity contribution in [3.63, 3.8) is 0 Å². The molecule has 1 nitrogen and oxygen atoms in total. The quantitative estimate of drug-likeness (QED) is 0.535. The van der Waals surface area contributed by atoms with Gasteiger partial charge in [-0.15, -0.1) is 0 Å². The second-order valence-electron chi connectivity index (χ2n) is 8.26. The van der Waals surface area contributed by atoms with Gasteiger partial charge in [0.15, 0.2) is 6.20 Å². The standard InChI is InChI=1S/C24H20N/c1-2-13-25-21(12-1)19-10-4-7-16-14-15-6-3-9-18-17-8-5-11-20(17)24(25,22(15)18)23(16)19/h1-4,6-7,9-10,12-13,17,20H,5,8,11,14H2/q+1. The van der Waals surface area contributed by atoms with Gasteiger partial charge in [0, 0.05) is 29.2 Å². The Morgan fingerprint density at radius 2 is 1.72 bits per heavy atom. The summed E-state index contributed by atoms with van der Waals surface area (Å²) in [7, 11) is 0. The number of hydrogen-bond donors (Lipinski definition) is 0. The van der Waals surface area contributed by atoms with Crippen LogP contribution in [0.2, 0.25) is 0 Å². The first-order valence-electron chi connectivity index (χ1n) is 9.67. The molecule has 7 rings (SSSR count). The summed E-state index contributed by atoms with van der Waals surface area (Å²) in [6.45, 7) is 0. The number of hydrogen-bond acceptors (Lipinski definition) is 0. The van der Waals surface area contributed by atoms with E-state index in [9.17, 15) is 0 Å². The maximum Gasteiger partial charge on any atom is 0.224 e. The van der Waals surface area contributed by atoms with Crippen LogP contribution in [0.3, 0.4) is 0 Å². The van der Waals surface area contributed by atoms with Gasteiger partial charge in [0.25, 0.3) is 0 Å². The highest BCUT2D eigenvalue weighted by Gasteiger charge is 2.67. The normalized spacial score (nSPS) is 29.1. The minimum Gasteiger partial charge on any atom is -0.184 e. The Morgan fingerprint density at radius 3 is 2.68 bits per heavy atom. The average Bonchev–Trinajstić information content (AvgIpc) is 3.31. The predicted molar refractivity (Wildman–Crippen MR) is 97.6 cm³/mol. The number of benzene rings is 2. The number of aromatic nitrogens is 1. The van der Waals surface area contributed by atoms with E-state index >= 15 is 0 Å². The van der Waals surface area contributed by atoms with Gasteiger partial charge in [-0.1, -0.05) is 36.8 Å². The zero-order chi connectivity index (χ0) is 16.2. The van der Waals surface area contributed by atoms with Crippen molar-refractivity contribution < 1.29 is 4.57 Å². The molecule has 120 valence electrons. The molecule has 3 atom stereocenters. The van der Waals surface area contributed by atoms with Crippen LogP contribution in [-0.4, -0.2) is 0 Å². The Morgan fingerprint density at radius 1 is 0.840 bits per heavy atom. The van der Waals surface area contributed by atoms with E-state index in [1.54, 1.807) is 27.8 Å². The van der Waals surface area contributed by atoms with Crippen molar-refractivity contribution in [1.82, 2.24) is 0 Å². The SMILES string of the molecule is c1cc2c3c(c1)-c1cccc[n+]1C31c3c(cccc3C3CCCC31)C2. The van der Waals surface area contributed by atoms with Gasteiger partial charge >= 0.3 is 0 Å². The van der Waals surface area contributed by atoms with Gasteiger partial charge in [0.05, 0.1) is 5.56 Å². The Labute approximate surface area is 148 Å². The lowest BCUT2D eigenvalue weighted by molar-refractivity contribution is -0.735. The van der Waals surface area contributed by atoms with Crippen LogP contribution >= 0.6 is 0 Å². The molecule has 3 unspecified atom stereocenters. The average molecular weight is 322 g/mol. The van der Waals surface area contributed by atoms with E-state index < -0.39 is 0 Å². The summed E-state index contributed by atoms with van der Waals surface area (Å²) < 4.78 is 2.65. The van der Waals surface area contributed by atoms with E-state index in [0.717, 1.165) is 18.3 Å². The van der Waals surface area contributed by atoms with Gasteiger partial charge < -0.3 is 0 Å². The molecular weight excluding hydrogens is 302 g/mol. The van der Waals surface area contributed by atoms with Crippen molar-refractivity contribution in [2.75, 3.05) is 0 Å². The highest BCUT2D eigenvalue weighted by atomic mass is 15.1. The summed E-state index contributed by atoms with van der Waals surface area (Å²) in [5.74, 6) is 1.46. The third-order valence-corrected chi connectivity index (χ3v) is 7.44. The molecule has 1 aliphatic heterocycles. The third-order valence-electron chi connectivity index (χ3n) is 7.44. The first-order valence-corrected chi connectivity index (χ1v) is 9.67. The summed E-state index contributed by atoms with van der Waals surface area (Å²) in [4.78, 5) is 0. The molecular formula is C24H20N+. The molecule has 25 heavy (non-hydrogen) atoms. The van der Waals surface area contributed by atoms with E-state index in [1.807, 2.05) is 0 Å². The molecule has 1 fully saturated rings. The van der Waals surface area contributed by atoms with E-state index in [0.29, 0.717) is 0 Å². The zero-order valence-corrected chi connectivity index (χ0v) is 14.2. The molecule has 1 heteroatoms. The topological polar surface area (TPSA) is 3.88 Å². The number of nitrogens with zero attached hydrogens (tertiary/aromatic N) is 1. The fourth-order valence-electron chi connectivity index (χ4n) is 6.88. The summed E-state index contributed by atoms with van der Waals surface area (Å²) in [6.07, 6.45) is 7.55. The highest BCUT2D eigenvalue weighted by molar-refractivity contribution is 5.74. The third kappa shape index (κ3) is 1.21. The van der Waals surface area contributed by atoms with Crippen LogP contribution < -0.4 is 4.57 Å². The Balaban J connectivity index is 1.74. The van der Waals surface area contributed by atoms with E-state index in [2.05, 4.69) is 65.4 Å². The molecule has 0 N–H and O–H groups in total. The van der Waals surface area contributed by atoms with E-state index in [-0.39, 0.29) is 5.54 Å². The van der Waals surface area contributed by atoms with Crippen LogP contribution in [0.5, 0.6) is 0 Å². The van der Waals surface area contributed by atoms with Crippen molar-refractivity contribution in [3.8, 4) is 11.3 Å². The minimum atomic E-state index is 0.0634. The predicted octanol–water partition coefficient (Wildman–Crippen LogP) is 4.55. The van der Waals surface area contributed by atoms with Crippen molar-refractivity contribution in [2.24, 2.45) is 5.92 Å². The summed E-state index contributed by atoms with van der Waals surface area (Å²) in [6, 6.07) is 20.9. The molecule has 4 aliphatic rings. The van der Waals surface area contributed by atoms with Crippen LogP contribution in [0.25, 0.3) is 11.3 Å². The monoisotopic (exact) mass is 322 g/mol. The van der Waals surface area contributed by atoms with Crippen molar-refractivity contribution in [3.05, 3.63) is 88.6 Å². The van der Waals surface area contributed by atoms with E-state index in [1.165, 1.54) is 30.5 Å². The van der Waals surface area contributed by atoms with Crippen molar-refractivity contribution in [2.45, 2.75) is 37.1 Å². The highest BCUT2D eigenvalue weighted by Crippen LogP contribution is 2.64. The first-order chi connectivity index (χ1) is 12.4. The lowest BCUT2D eigenvalue weighted by Crippen LogP contribution is -2.59. The summed E-state index contributed by atoms with van der Waals surface area (Å²) in [5, 5.41) is 0. The van der Waals surface area contributed by atoms with Crippen molar-refractivity contribution >= 4 is 0 Å². The Kier molecular flexibility index (Phi) is 2.08. The van der Waals surface area contributed by atoms with Gasteiger partial charge in [-0.25, -0.2) is 0 Å². The maximum atomic E-state index is 2.65. The van der Waals surface area contributed by atoms with Crippen molar-refractivity contribution in [1.29, 1.82) is 0 Å². The second kappa shape index (κ2) is 4.04. The lowest BCUT2D eigenvalue weighted by Gasteiger charge is -2.34. The molecule has 0 bridgehead atoms. The fourth-order valence-corrected chi connectivity index (χ4v) is 6.88.